The Hall–Kier alpha value is -2.91. The van der Waals surface area contributed by atoms with Crippen molar-refractivity contribution in [3.63, 3.8) is 0 Å². The van der Waals surface area contributed by atoms with Gasteiger partial charge in [0.05, 0.1) is 5.69 Å². The molecule has 1 fully saturated rings. The predicted molar refractivity (Wildman–Crippen MR) is 124 cm³/mol. The number of rotatable bonds is 8. The van der Waals surface area contributed by atoms with Gasteiger partial charge in [-0.05, 0) is 62.2 Å². The van der Waals surface area contributed by atoms with Gasteiger partial charge in [0.2, 0.25) is 0 Å². The summed E-state index contributed by atoms with van der Waals surface area (Å²) in [7, 11) is 0. The standard InChI is InChI=1S/C23H28FN3O4S/c1-3-20(22(28)29)31-21-12-15(2)6-7-16(21)14-30-17-8-9-19(18(24)13-17)26-23(32)27-11-5-4-10-25-27/h6-9,12-13,20,25H,3-5,10-11,14H2,1-2H3,(H,26,32)(H,28,29). The van der Waals surface area contributed by atoms with E-state index in [4.69, 9.17) is 21.7 Å². The molecule has 0 amide bonds. The number of hydrazine groups is 1. The van der Waals surface area contributed by atoms with E-state index in [2.05, 4.69) is 10.7 Å². The molecule has 2 aromatic rings. The molecule has 1 atom stereocenters. The molecule has 0 bridgehead atoms. The Morgan fingerprint density at radius 2 is 2.12 bits per heavy atom. The summed E-state index contributed by atoms with van der Waals surface area (Å²) in [5, 5.41) is 14.4. The lowest BCUT2D eigenvalue weighted by molar-refractivity contribution is -0.145. The Morgan fingerprint density at radius 1 is 1.31 bits per heavy atom. The van der Waals surface area contributed by atoms with Crippen LogP contribution in [0.5, 0.6) is 11.5 Å². The number of halogens is 1. The number of carbonyl (C=O) groups is 1. The molecule has 0 aromatic heterocycles. The summed E-state index contributed by atoms with van der Waals surface area (Å²) < 4.78 is 26.0. The molecule has 1 aliphatic heterocycles. The molecular weight excluding hydrogens is 433 g/mol. The van der Waals surface area contributed by atoms with Crippen LogP contribution in [-0.4, -0.2) is 40.4 Å². The van der Waals surface area contributed by atoms with Crippen molar-refractivity contribution in [3.05, 3.63) is 53.3 Å². The molecule has 0 spiro atoms. The lowest BCUT2D eigenvalue weighted by Crippen LogP contribution is -2.48. The second kappa shape index (κ2) is 11.1. The Balaban J connectivity index is 1.65. The fraction of sp³-hybridized carbons (Fsp3) is 0.391. The molecule has 1 heterocycles. The van der Waals surface area contributed by atoms with Gasteiger partial charge in [-0.15, -0.1) is 0 Å². The number of anilines is 1. The minimum atomic E-state index is -1.02. The summed E-state index contributed by atoms with van der Waals surface area (Å²) >= 11 is 5.35. The maximum Gasteiger partial charge on any atom is 0.344 e. The maximum atomic E-state index is 14.6. The van der Waals surface area contributed by atoms with Crippen molar-refractivity contribution >= 4 is 29.0 Å². The quantitative estimate of drug-likeness (QED) is 0.503. The Labute approximate surface area is 192 Å². The van der Waals surface area contributed by atoms with Gasteiger partial charge in [0.25, 0.3) is 0 Å². The fourth-order valence-electron chi connectivity index (χ4n) is 3.24. The van der Waals surface area contributed by atoms with Crippen molar-refractivity contribution in [2.24, 2.45) is 0 Å². The molecule has 7 nitrogen and oxygen atoms in total. The predicted octanol–water partition coefficient (Wildman–Crippen LogP) is 4.25. The Kier molecular flexibility index (Phi) is 8.24. The number of benzene rings is 2. The molecule has 2 aromatic carbocycles. The molecule has 172 valence electrons. The van der Waals surface area contributed by atoms with E-state index >= 15 is 0 Å². The van der Waals surface area contributed by atoms with E-state index in [-0.39, 0.29) is 12.3 Å². The summed E-state index contributed by atoms with van der Waals surface area (Å²) in [6, 6.07) is 9.98. The molecule has 0 saturated carbocycles. The van der Waals surface area contributed by atoms with Crippen molar-refractivity contribution in [1.29, 1.82) is 0 Å². The minimum absolute atomic E-state index is 0.105. The Morgan fingerprint density at radius 3 is 2.78 bits per heavy atom. The average Bonchev–Trinajstić information content (AvgIpc) is 2.78. The van der Waals surface area contributed by atoms with Crippen LogP contribution < -0.4 is 20.2 Å². The number of ether oxygens (including phenoxy) is 2. The highest BCUT2D eigenvalue weighted by Gasteiger charge is 2.19. The average molecular weight is 462 g/mol. The van der Waals surface area contributed by atoms with Gasteiger partial charge in [-0.2, -0.15) is 0 Å². The molecule has 1 saturated heterocycles. The summed E-state index contributed by atoms with van der Waals surface area (Å²) in [6.07, 6.45) is 1.50. The first kappa shape index (κ1) is 23.7. The first-order chi connectivity index (χ1) is 15.4. The molecule has 1 unspecified atom stereocenters. The number of nitrogens with zero attached hydrogens (tertiary/aromatic N) is 1. The zero-order valence-corrected chi connectivity index (χ0v) is 19.0. The monoisotopic (exact) mass is 461 g/mol. The van der Waals surface area contributed by atoms with Crippen LogP contribution in [0.2, 0.25) is 0 Å². The van der Waals surface area contributed by atoms with Crippen molar-refractivity contribution < 1.29 is 23.8 Å². The SMILES string of the molecule is CCC(Oc1cc(C)ccc1COc1ccc(NC(=S)N2CCCCN2)c(F)c1)C(=O)O. The van der Waals surface area contributed by atoms with Crippen LogP contribution in [0.3, 0.4) is 0 Å². The van der Waals surface area contributed by atoms with Crippen molar-refractivity contribution in [1.82, 2.24) is 10.4 Å². The molecule has 1 aliphatic rings. The normalized spacial score (nSPS) is 14.5. The van der Waals surface area contributed by atoms with Gasteiger partial charge in [-0.3, -0.25) is 5.01 Å². The van der Waals surface area contributed by atoms with E-state index in [0.717, 1.165) is 31.5 Å². The van der Waals surface area contributed by atoms with E-state index in [9.17, 15) is 14.3 Å². The number of thiocarbonyl (C=S) groups is 1. The third-order valence-corrected chi connectivity index (χ3v) is 5.39. The first-order valence-electron chi connectivity index (χ1n) is 10.6. The summed E-state index contributed by atoms with van der Waals surface area (Å²) in [5.41, 5.74) is 5.05. The molecule has 0 aliphatic carbocycles. The van der Waals surface area contributed by atoms with E-state index < -0.39 is 17.9 Å². The summed E-state index contributed by atoms with van der Waals surface area (Å²) in [4.78, 5) is 11.3. The lowest BCUT2D eigenvalue weighted by atomic mass is 10.1. The molecule has 32 heavy (non-hydrogen) atoms. The highest BCUT2D eigenvalue weighted by atomic mass is 32.1. The Bertz CT molecular complexity index is 966. The molecule has 3 N–H and O–H groups in total. The van der Waals surface area contributed by atoms with Crippen LogP contribution >= 0.6 is 12.2 Å². The van der Waals surface area contributed by atoms with E-state index in [1.807, 2.05) is 24.1 Å². The molecule has 3 rings (SSSR count). The van der Waals surface area contributed by atoms with Crippen LogP contribution in [0.1, 0.15) is 37.3 Å². The van der Waals surface area contributed by atoms with Crippen LogP contribution in [0.15, 0.2) is 36.4 Å². The number of nitrogens with one attached hydrogen (secondary N) is 2. The van der Waals surface area contributed by atoms with Gasteiger partial charge < -0.3 is 19.9 Å². The third-order valence-electron chi connectivity index (χ3n) is 5.07. The van der Waals surface area contributed by atoms with Crippen LogP contribution in [0, 0.1) is 12.7 Å². The van der Waals surface area contributed by atoms with E-state index in [1.54, 1.807) is 25.1 Å². The molecule has 9 heteroatoms. The first-order valence-corrected chi connectivity index (χ1v) is 11.0. The van der Waals surface area contributed by atoms with E-state index in [1.165, 1.54) is 6.07 Å². The van der Waals surface area contributed by atoms with Gasteiger partial charge in [0, 0.05) is 24.7 Å². The second-order valence-electron chi connectivity index (χ2n) is 7.59. The van der Waals surface area contributed by atoms with Gasteiger partial charge in [-0.1, -0.05) is 19.1 Å². The largest absolute Gasteiger partial charge is 0.489 e. The van der Waals surface area contributed by atoms with Gasteiger partial charge >= 0.3 is 5.97 Å². The topological polar surface area (TPSA) is 83.1 Å². The zero-order valence-electron chi connectivity index (χ0n) is 18.2. The number of hydrogen-bond acceptors (Lipinski definition) is 5. The van der Waals surface area contributed by atoms with E-state index in [0.29, 0.717) is 28.6 Å². The fourth-order valence-corrected chi connectivity index (χ4v) is 3.51. The molecule has 0 radical (unpaired) electrons. The lowest BCUT2D eigenvalue weighted by Gasteiger charge is -2.30. The third kappa shape index (κ3) is 6.30. The number of carboxylic acid groups (broad SMARTS) is 1. The van der Waals surface area contributed by atoms with Crippen molar-refractivity contribution in [3.8, 4) is 11.5 Å². The van der Waals surface area contributed by atoms with Gasteiger partial charge in [-0.25, -0.2) is 14.6 Å². The van der Waals surface area contributed by atoms with Crippen LogP contribution in [-0.2, 0) is 11.4 Å². The minimum Gasteiger partial charge on any atom is -0.489 e. The number of carboxylic acids is 1. The van der Waals surface area contributed by atoms with Crippen molar-refractivity contribution in [2.45, 2.75) is 45.8 Å². The number of aliphatic carboxylic acids is 1. The summed E-state index contributed by atoms with van der Waals surface area (Å²) in [6.45, 7) is 5.36. The summed E-state index contributed by atoms with van der Waals surface area (Å²) in [5.74, 6) is -0.730. The van der Waals surface area contributed by atoms with Crippen LogP contribution in [0.25, 0.3) is 0 Å². The zero-order chi connectivity index (χ0) is 23.1. The van der Waals surface area contributed by atoms with Gasteiger partial charge in [0.1, 0.15) is 23.9 Å². The maximum absolute atomic E-state index is 14.6. The van der Waals surface area contributed by atoms with Crippen molar-refractivity contribution in [2.75, 3.05) is 18.4 Å². The molecular formula is C23H28FN3O4S. The highest BCUT2D eigenvalue weighted by Crippen LogP contribution is 2.26. The van der Waals surface area contributed by atoms with Crippen LogP contribution in [0.4, 0.5) is 10.1 Å². The van der Waals surface area contributed by atoms with Gasteiger partial charge in [0.15, 0.2) is 11.2 Å². The smallest absolute Gasteiger partial charge is 0.344 e. The number of hydrogen-bond donors (Lipinski definition) is 3. The number of aryl methyl sites for hydroxylation is 1. The highest BCUT2D eigenvalue weighted by molar-refractivity contribution is 7.80. The second-order valence-corrected chi connectivity index (χ2v) is 7.98.